The Morgan fingerprint density at radius 2 is 1.48 bits per heavy atom. The van der Waals surface area contributed by atoms with E-state index in [1.165, 1.54) is 28.9 Å². The van der Waals surface area contributed by atoms with Gasteiger partial charge in [0, 0.05) is 16.0 Å². The highest BCUT2D eigenvalue weighted by Crippen LogP contribution is 2.26. The molecule has 5 heteroatoms. The van der Waals surface area contributed by atoms with Gasteiger partial charge in [-0.15, -0.1) is 0 Å². The first-order valence-corrected chi connectivity index (χ1v) is 8.05. The maximum absolute atomic E-state index is 13.2. The number of nitrogens with zero attached hydrogens (tertiary/aromatic N) is 2. The SMILES string of the molecule is O=c1c2ccccc2c(-c2ccc(Cl)cc2)nn1-c1ccc(F)cc1. The second-order valence-corrected chi connectivity index (χ2v) is 6.03. The first-order chi connectivity index (χ1) is 12.1. The van der Waals surface area contributed by atoms with Crippen LogP contribution in [0.15, 0.2) is 77.6 Å². The molecule has 4 rings (SSSR count). The lowest BCUT2D eigenvalue weighted by Crippen LogP contribution is -2.22. The Hall–Kier alpha value is -2.98. The number of hydrogen-bond donors (Lipinski definition) is 0. The lowest BCUT2D eigenvalue weighted by molar-refractivity contribution is 0.626. The molecule has 0 radical (unpaired) electrons. The summed E-state index contributed by atoms with van der Waals surface area (Å²) in [6.07, 6.45) is 0. The number of rotatable bonds is 2. The Bertz CT molecular complexity index is 1120. The maximum Gasteiger partial charge on any atom is 0.279 e. The van der Waals surface area contributed by atoms with Crippen molar-refractivity contribution in [2.45, 2.75) is 0 Å². The maximum atomic E-state index is 13.2. The number of benzene rings is 3. The summed E-state index contributed by atoms with van der Waals surface area (Å²) in [5.74, 6) is -0.365. The highest BCUT2D eigenvalue weighted by molar-refractivity contribution is 6.30. The van der Waals surface area contributed by atoms with Crippen molar-refractivity contribution in [2.75, 3.05) is 0 Å². The zero-order chi connectivity index (χ0) is 17.4. The third kappa shape index (κ3) is 2.81. The smallest absolute Gasteiger partial charge is 0.267 e. The van der Waals surface area contributed by atoms with Gasteiger partial charge >= 0.3 is 0 Å². The van der Waals surface area contributed by atoms with Crippen LogP contribution in [0.5, 0.6) is 0 Å². The summed E-state index contributed by atoms with van der Waals surface area (Å²) in [5.41, 5.74) is 1.76. The summed E-state index contributed by atoms with van der Waals surface area (Å²) in [5, 5.41) is 6.47. The van der Waals surface area contributed by atoms with Crippen molar-refractivity contribution in [2.24, 2.45) is 0 Å². The quantitative estimate of drug-likeness (QED) is 0.518. The summed E-state index contributed by atoms with van der Waals surface area (Å²) in [6, 6.07) is 20.3. The van der Waals surface area contributed by atoms with Gasteiger partial charge in [0.1, 0.15) is 5.82 Å². The summed E-state index contributed by atoms with van der Waals surface area (Å²) >= 11 is 5.97. The molecule has 1 heterocycles. The van der Waals surface area contributed by atoms with Crippen LogP contribution in [0, 0.1) is 5.82 Å². The van der Waals surface area contributed by atoms with Crippen molar-refractivity contribution in [3.63, 3.8) is 0 Å². The summed E-state index contributed by atoms with van der Waals surface area (Å²) in [4.78, 5) is 12.8. The second-order valence-electron chi connectivity index (χ2n) is 5.59. The van der Waals surface area contributed by atoms with E-state index in [1.54, 1.807) is 18.2 Å². The van der Waals surface area contributed by atoms with Crippen LogP contribution >= 0.6 is 11.6 Å². The normalized spacial score (nSPS) is 11.0. The fraction of sp³-hybridized carbons (Fsp3) is 0. The van der Waals surface area contributed by atoms with Crippen LogP contribution in [0.1, 0.15) is 0 Å². The molecule has 4 aromatic rings. The van der Waals surface area contributed by atoms with Crippen molar-refractivity contribution in [3.8, 4) is 16.9 Å². The molecule has 0 saturated heterocycles. The van der Waals surface area contributed by atoms with E-state index in [9.17, 15) is 9.18 Å². The van der Waals surface area contributed by atoms with E-state index >= 15 is 0 Å². The van der Waals surface area contributed by atoms with E-state index in [0.29, 0.717) is 21.8 Å². The van der Waals surface area contributed by atoms with Gasteiger partial charge in [-0.05, 0) is 42.5 Å². The van der Waals surface area contributed by atoms with Crippen LogP contribution in [0.25, 0.3) is 27.7 Å². The molecule has 1 aromatic heterocycles. The lowest BCUT2D eigenvalue weighted by Gasteiger charge is -2.11. The molecule has 0 atom stereocenters. The van der Waals surface area contributed by atoms with Gasteiger partial charge in [-0.1, -0.05) is 41.9 Å². The molecule has 0 N–H and O–H groups in total. The van der Waals surface area contributed by atoms with Gasteiger partial charge in [0.25, 0.3) is 5.56 Å². The zero-order valence-corrected chi connectivity index (χ0v) is 13.7. The highest BCUT2D eigenvalue weighted by Gasteiger charge is 2.13. The first kappa shape index (κ1) is 15.5. The molecule has 0 aliphatic rings. The van der Waals surface area contributed by atoms with E-state index in [0.717, 1.165) is 10.9 Å². The predicted octanol–water partition coefficient (Wildman–Crippen LogP) is 4.85. The van der Waals surface area contributed by atoms with Gasteiger partial charge in [-0.3, -0.25) is 4.79 Å². The minimum atomic E-state index is -0.365. The van der Waals surface area contributed by atoms with Gasteiger partial charge < -0.3 is 0 Å². The molecule has 0 spiro atoms. The summed E-state index contributed by atoms with van der Waals surface area (Å²) < 4.78 is 14.5. The average molecular weight is 351 g/mol. The van der Waals surface area contributed by atoms with E-state index in [2.05, 4.69) is 5.10 Å². The topological polar surface area (TPSA) is 34.9 Å². The first-order valence-electron chi connectivity index (χ1n) is 7.67. The molecule has 0 aliphatic carbocycles. The Balaban J connectivity index is 2.05. The van der Waals surface area contributed by atoms with Gasteiger partial charge in [-0.2, -0.15) is 9.78 Å². The summed E-state index contributed by atoms with van der Waals surface area (Å²) in [7, 11) is 0. The molecule has 3 nitrogen and oxygen atoms in total. The zero-order valence-electron chi connectivity index (χ0n) is 13.0. The Labute approximate surface area is 147 Å². The van der Waals surface area contributed by atoms with Gasteiger partial charge in [-0.25, -0.2) is 4.39 Å². The average Bonchev–Trinajstić information content (AvgIpc) is 2.64. The van der Waals surface area contributed by atoms with Crippen molar-refractivity contribution in [1.29, 1.82) is 0 Å². The fourth-order valence-electron chi connectivity index (χ4n) is 2.77. The van der Waals surface area contributed by atoms with Gasteiger partial charge in [0.2, 0.25) is 0 Å². The van der Waals surface area contributed by atoms with E-state index in [1.807, 2.05) is 30.3 Å². The molecule has 25 heavy (non-hydrogen) atoms. The molecule has 0 unspecified atom stereocenters. The third-order valence-electron chi connectivity index (χ3n) is 3.99. The minimum Gasteiger partial charge on any atom is -0.267 e. The molecule has 0 fully saturated rings. The molecule has 0 bridgehead atoms. The number of fused-ring (bicyclic) bond motifs is 1. The van der Waals surface area contributed by atoms with Crippen LogP contribution in [0.4, 0.5) is 4.39 Å². The van der Waals surface area contributed by atoms with Crippen LogP contribution in [0.2, 0.25) is 5.02 Å². The minimum absolute atomic E-state index is 0.250. The van der Waals surface area contributed by atoms with Crippen molar-refractivity contribution in [1.82, 2.24) is 9.78 Å². The van der Waals surface area contributed by atoms with E-state index in [4.69, 9.17) is 11.6 Å². The van der Waals surface area contributed by atoms with E-state index < -0.39 is 0 Å². The van der Waals surface area contributed by atoms with Gasteiger partial charge in [0.15, 0.2) is 0 Å². The molecule has 122 valence electrons. The Morgan fingerprint density at radius 1 is 0.840 bits per heavy atom. The van der Waals surface area contributed by atoms with E-state index in [-0.39, 0.29) is 11.4 Å². The van der Waals surface area contributed by atoms with Crippen LogP contribution in [0.3, 0.4) is 0 Å². The number of hydrogen-bond acceptors (Lipinski definition) is 2. The predicted molar refractivity (Wildman–Crippen MR) is 97.7 cm³/mol. The monoisotopic (exact) mass is 350 g/mol. The van der Waals surface area contributed by atoms with Crippen LogP contribution in [-0.4, -0.2) is 9.78 Å². The van der Waals surface area contributed by atoms with Crippen molar-refractivity contribution >= 4 is 22.4 Å². The molecule has 0 aliphatic heterocycles. The van der Waals surface area contributed by atoms with Crippen molar-refractivity contribution in [3.05, 3.63) is 94.0 Å². The Kier molecular flexibility index (Phi) is 3.82. The highest BCUT2D eigenvalue weighted by atomic mass is 35.5. The molecule has 0 saturated carbocycles. The molecule has 3 aromatic carbocycles. The number of aromatic nitrogens is 2. The Morgan fingerprint density at radius 3 is 2.16 bits per heavy atom. The molecular formula is C20H12ClFN2O. The van der Waals surface area contributed by atoms with Gasteiger partial charge in [0.05, 0.1) is 16.8 Å². The summed E-state index contributed by atoms with van der Waals surface area (Å²) in [6.45, 7) is 0. The molecule has 0 amide bonds. The van der Waals surface area contributed by atoms with Crippen molar-refractivity contribution < 1.29 is 4.39 Å². The number of halogens is 2. The van der Waals surface area contributed by atoms with Crippen LogP contribution < -0.4 is 5.56 Å². The lowest BCUT2D eigenvalue weighted by atomic mass is 10.1. The fourth-order valence-corrected chi connectivity index (χ4v) is 2.89. The third-order valence-corrected chi connectivity index (χ3v) is 4.25. The van der Waals surface area contributed by atoms with Crippen LogP contribution in [-0.2, 0) is 0 Å². The second kappa shape index (κ2) is 6.15. The standard InChI is InChI=1S/C20H12ClFN2O/c21-14-7-5-13(6-8-14)19-17-3-1-2-4-18(17)20(25)24(23-19)16-11-9-15(22)10-12-16/h1-12H. The molecular weight excluding hydrogens is 339 g/mol. The largest absolute Gasteiger partial charge is 0.279 e.